The summed E-state index contributed by atoms with van der Waals surface area (Å²) >= 11 is 5.99. The van der Waals surface area contributed by atoms with Crippen molar-refractivity contribution >= 4 is 29.0 Å². The first kappa shape index (κ1) is 15.1. The first-order valence-electron chi connectivity index (χ1n) is 7.76. The van der Waals surface area contributed by atoms with E-state index in [1.807, 2.05) is 31.0 Å². The standard InChI is InChI=1S/C18H16ClFN4/c1-11(16-10-21-18-6-5-17(19)22-24(16)18)13-8-12-4-3-7-23(2)15(12)9-14(13)20/h3-6,8-11H,7H2,1-2H3. The molecule has 4 rings (SSSR count). The molecule has 1 atom stereocenters. The number of hydrogen-bond donors (Lipinski definition) is 0. The van der Waals surface area contributed by atoms with E-state index in [0.717, 1.165) is 23.5 Å². The lowest BCUT2D eigenvalue weighted by atomic mass is 9.94. The normalized spacial score (nSPS) is 14.9. The summed E-state index contributed by atoms with van der Waals surface area (Å²) in [6.45, 7) is 2.74. The van der Waals surface area contributed by atoms with Crippen molar-refractivity contribution in [2.75, 3.05) is 18.5 Å². The number of hydrogen-bond acceptors (Lipinski definition) is 3. The van der Waals surface area contributed by atoms with E-state index in [-0.39, 0.29) is 11.7 Å². The van der Waals surface area contributed by atoms with Crippen LogP contribution in [-0.4, -0.2) is 28.2 Å². The molecule has 0 bridgehead atoms. The van der Waals surface area contributed by atoms with E-state index >= 15 is 0 Å². The Kier molecular flexibility index (Phi) is 3.53. The second-order valence-electron chi connectivity index (χ2n) is 6.05. The van der Waals surface area contributed by atoms with Crippen LogP contribution >= 0.6 is 11.6 Å². The Labute approximate surface area is 144 Å². The quantitative estimate of drug-likeness (QED) is 0.702. The van der Waals surface area contributed by atoms with Gasteiger partial charge in [-0.2, -0.15) is 5.10 Å². The van der Waals surface area contributed by atoms with Crippen LogP contribution < -0.4 is 4.90 Å². The van der Waals surface area contributed by atoms with Crippen LogP contribution in [0.15, 0.2) is 36.5 Å². The van der Waals surface area contributed by atoms with Crippen molar-refractivity contribution in [3.8, 4) is 0 Å². The zero-order valence-corrected chi connectivity index (χ0v) is 14.1. The first-order chi connectivity index (χ1) is 11.5. The zero-order chi connectivity index (χ0) is 16.8. The van der Waals surface area contributed by atoms with Crippen molar-refractivity contribution in [3.63, 3.8) is 0 Å². The third-order valence-corrected chi connectivity index (χ3v) is 4.70. The highest BCUT2D eigenvalue weighted by molar-refractivity contribution is 6.29. The van der Waals surface area contributed by atoms with Crippen LogP contribution in [0.3, 0.4) is 0 Å². The predicted molar refractivity (Wildman–Crippen MR) is 94.2 cm³/mol. The molecule has 0 fully saturated rings. The SMILES string of the molecule is CC(c1cc2c(cc1F)N(C)CC=C2)c1cnc2ccc(Cl)nn12. The fourth-order valence-corrected chi connectivity index (χ4v) is 3.29. The molecule has 0 saturated carbocycles. The van der Waals surface area contributed by atoms with Crippen LogP contribution in [0.4, 0.5) is 10.1 Å². The molecule has 0 saturated heterocycles. The number of benzene rings is 1. The highest BCUT2D eigenvalue weighted by Gasteiger charge is 2.21. The molecule has 0 radical (unpaired) electrons. The minimum Gasteiger partial charge on any atom is -0.370 e. The summed E-state index contributed by atoms with van der Waals surface area (Å²) in [6, 6.07) is 7.00. The number of nitrogens with zero attached hydrogens (tertiary/aromatic N) is 4. The lowest BCUT2D eigenvalue weighted by molar-refractivity contribution is 0.598. The summed E-state index contributed by atoms with van der Waals surface area (Å²) in [7, 11) is 1.96. The van der Waals surface area contributed by atoms with E-state index in [1.165, 1.54) is 0 Å². The number of anilines is 1. The van der Waals surface area contributed by atoms with Gasteiger partial charge in [-0.05, 0) is 35.4 Å². The number of rotatable bonds is 2. The third kappa shape index (κ3) is 2.36. The van der Waals surface area contributed by atoms with Gasteiger partial charge >= 0.3 is 0 Å². The Bertz CT molecular complexity index is 963. The minimum atomic E-state index is -0.222. The van der Waals surface area contributed by atoms with Crippen molar-refractivity contribution in [1.82, 2.24) is 14.6 Å². The average Bonchev–Trinajstić information content (AvgIpc) is 2.97. The van der Waals surface area contributed by atoms with E-state index < -0.39 is 0 Å². The fraction of sp³-hybridized carbons (Fsp3) is 0.222. The van der Waals surface area contributed by atoms with Crippen LogP contribution in [0.1, 0.15) is 29.7 Å². The van der Waals surface area contributed by atoms with Gasteiger partial charge in [-0.25, -0.2) is 13.9 Å². The maximum absolute atomic E-state index is 14.7. The van der Waals surface area contributed by atoms with Crippen LogP contribution in [0, 0.1) is 5.82 Å². The fourth-order valence-electron chi connectivity index (χ4n) is 3.15. The van der Waals surface area contributed by atoms with Crippen LogP contribution in [-0.2, 0) is 0 Å². The molecule has 3 aromatic rings. The van der Waals surface area contributed by atoms with Crippen molar-refractivity contribution in [1.29, 1.82) is 0 Å². The second kappa shape index (κ2) is 5.60. The molecular formula is C18H16ClFN4. The molecule has 122 valence electrons. The predicted octanol–water partition coefficient (Wildman–Crippen LogP) is 4.14. The number of halogens is 2. The molecule has 6 heteroatoms. The molecular weight excluding hydrogens is 327 g/mol. The smallest absolute Gasteiger partial charge is 0.153 e. The monoisotopic (exact) mass is 342 g/mol. The zero-order valence-electron chi connectivity index (χ0n) is 13.4. The lowest BCUT2D eigenvalue weighted by Crippen LogP contribution is -2.21. The van der Waals surface area contributed by atoms with Gasteiger partial charge in [0, 0.05) is 25.2 Å². The van der Waals surface area contributed by atoms with Crippen LogP contribution in [0.5, 0.6) is 0 Å². The van der Waals surface area contributed by atoms with Gasteiger partial charge in [-0.15, -0.1) is 0 Å². The van der Waals surface area contributed by atoms with Crippen molar-refractivity contribution in [2.24, 2.45) is 0 Å². The summed E-state index contributed by atoms with van der Waals surface area (Å²) in [4.78, 5) is 6.36. The second-order valence-corrected chi connectivity index (χ2v) is 6.43. The van der Waals surface area contributed by atoms with Gasteiger partial charge < -0.3 is 4.90 Å². The number of fused-ring (bicyclic) bond motifs is 2. The maximum atomic E-state index is 14.7. The summed E-state index contributed by atoms with van der Waals surface area (Å²) < 4.78 is 16.4. The van der Waals surface area contributed by atoms with Crippen LogP contribution in [0.25, 0.3) is 11.7 Å². The molecule has 3 heterocycles. The molecule has 2 aromatic heterocycles. The van der Waals surface area contributed by atoms with Gasteiger partial charge in [0.15, 0.2) is 5.65 Å². The Hall–Kier alpha value is -2.40. The lowest BCUT2D eigenvalue weighted by Gasteiger charge is -2.25. The molecule has 0 aliphatic carbocycles. The largest absolute Gasteiger partial charge is 0.370 e. The molecule has 0 spiro atoms. The summed E-state index contributed by atoms with van der Waals surface area (Å²) in [6.07, 6.45) is 5.84. The van der Waals surface area contributed by atoms with E-state index in [2.05, 4.69) is 16.2 Å². The Morgan fingerprint density at radius 1 is 1.29 bits per heavy atom. The Morgan fingerprint density at radius 3 is 2.96 bits per heavy atom. The molecule has 1 aromatic carbocycles. The van der Waals surface area contributed by atoms with E-state index in [9.17, 15) is 4.39 Å². The molecule has 24 heavy (non-hydrogen) atoms. The van der Waals surface area contributed by atoms with E-state index in [1.54, 1.807) is 28.9 Å². The van der Waals surface area contributed by atoms with Gasteiger partial charge in [0.1, 0.15) is 11.0 Å². The average molecular weight is 343 g/mol. The number of imidazole rings is 1. The van der Waals surface area contributed by atoms with Gasteiger partial charge in [-0.3, -0.25) is 0 Å². The summed E-state index contributed by atoms with van der Waals surface area (Å²) in [5.41, 5.74) is 4.05. The van der Waals surface area contributed by atoms with Gasteiger partial charge in [-0.1, -0.05) is 30.7 Å². The number of likely N-dealkylation sites (N-methyl/N-ethyl adjacent to an activating group) is 1. The van der Waals surface area contributed by atoms with Crippen molar-refractivity contribution < 1.29 is 4.39 Å². The molecule has 1 unspecified atom stereocenters. The molecule has 1 aliphatic rings. The Balaban J connectivity index is 1.83. The molecule has 4 nitrogen and oxygen atoms in total. The highest BCUT2D eigenvalue weighted by Crippen LogP contribution is 2.33. The van der Waals surface area contributed by atoms with Gasteiger partial charge in [0.2, 0.25) is 0 Å². The molecule has 0 amide bonds. The topological polar surface area (TPSA) is 33.4 Å². The maximum Gasteiger partial charge on any atom is 0.153 e. The minimum absolute atomic E-state index is 0.197. The first-order valence-corrected chi connectivity index (χ1v) is 8.13. The van der Waals surface area contributed by atoms with Crippen LogP contribution in [0.2, 0.25) is 5.15 Å². The molecule has 0 N–H and O–H groups in total. The van der Waals surface area contributed by atoms with Gasteiger partial charge in [0.05, 0.1) is 11.9 Å². The summed E-state index contributed by atoms with van der Waals surface area (Å²) in [5.74, 6) is -0.419. The van der Waals surface area contributed by atoms with Gasteiger partial charge in [0.25, 0.3) is 0 Å². The Morgan fingerprint density at radius 2 is 2.12 bits per heavy atom. The highest BCUT2D eigenvalue weighted by atomic mass is 35.5. The summed E-state index contributed by atoms with van der Waals surface area (Å²) in [5, 5.41) is 4.67. The van der Waals surface area contributed by atoms with Crippen molar-refractivity contribution in [2.45, 2.75) is 12.8 Å². The van der Waals surface area contributed by atoms with Crippen molar-refractivity contribution in [3.05, 3.63) is 64.3 Å². The van der Waals surface area contributed by atoms with E-state index in [4.69, 9.17) is 11.6 Å². The molecule has 1 aliphatic heterocycles. The number of aromatic nitrogens is 3. The third-order valence-electron chi connectivity index (χ3n) is 4.50. The van der Waals surface area contributed by atoms with E-state index in [0.29, 0.717) is 16.4 Å².